The van der Waals surface area contributed by atoms with Gasteiger partial charge in [0.2, 0.25) is 0 Å². The van der Waals surface area contributed by atoms with Crippen LogP contribution >= 0.6 is 11.6 Å². The van der Waals surface area contributed by atoms with Crippen molar-refractivity contribution < 1.29 is 24.5 Å². The molecule has 3 rings (SSSR count). The molecule has 0 saturated heterocycles. The largest absolute Gasteiger partial charge is 0.503 e. The van der Waals surface area contributed by atoms with Gasteiger partial charge in [0.25, 0.3) is 5.91 Å². The topological polar surface area (TPSA) is 99.4 Å². The smallest absolute Gasteiger partial charge is 0.335 e. The molecule has 8 heteroatoms. The minimum absolute atomic E-state index is 0.0561. The molecule has 0 aromatic heterocycles. The molecule has 0 unspecified atom stereocenters. The summed E-state index contributed by atoms with van der Waals surface area (Å²) in [6.45, 7) is 1.67. The van der Waals surface area contributed by atoms with E-state index in [9.17, 15) is 14.7 Å². The number of hydrogen-bond donors (Lipinski definition) is 2. The number of anilines is 1. The molecule has 2 aromatic carbocycles. The van der Waals surface area contributed by atoms with Gasteiger partial charge in [-0.25, -0.2) is 4.79 Å². The van der Waals surface area contributed by atoms with Crippen molar-refractivity contribution in [3.05, 3.63) is 58.1 Å². The number of hydrazone groups is 1. The zero-order chi connectivity index (χ0) is 19.7. The Labute approximate surface area is 159 Å². The van der Waals surface area contributed by atoms with Crippen LogP contribution in [0.2, 0.25) is 5.02 Å². The number of ether oxygens (including phenoxy) is 1. The number of nitrogens with zero attached hydrogens (tertiary/aromatic N) is 2. The molecule has 27 heavy (non-hydrogen) atoms. The third-order valence-corrected chi connectivity index (χ3v) is 4.27. The average Bonchev–Trinajstić information content (AvgIpc) is 2.92. The number of rotatable bonds is 4. The van der Waals surface area contributed by atoms with Crippen LogP contribution < -0.4 is 9.75 Å². The standard InChI is InChI=1S/C19H15ClN2O5/c1-10-14(6-11-7-15(20)17(23)16(8-11)27-2)18(24)22(21-10)13-5-3-4-12(9-13)19(25)26/h3-9,23H,1-2H3,(H,25,26)/b14-6+. The van der Waals surface area contributed by atoms with Crippen LogP contribution in [0.15, 0.2) is 47.1 Å². The van der Waals surface area contributed by atoms with Crippen molar-refractivity contribution in [2.45, 2.75) is 6.92 Å². The van der Waals surface area contributed by atoms with E-state index in [2.05, 4.69) is 5.10 Å². The number of benzene rings is 2. The van der Waals surface area contributed by atoms with Crippen molar-refractivity contribution in [1.29, 1.82) is 0 Å². The Bertz CT molecular complexity index is 1010. The van der Waals surface area contributed by atoms with Crippen molar-refractivity contribution in [2.24, 2.45) is 5.10 Å². The molecule has 0 bridgehead atoms. The van der Waals surface area contributed by atoms with Gasteiger partial charge in [-0.2, -0.15) is 10.1 Å². The first-order chi connectivity index (χ1) is 12.8. The lowest BCUT2D eigenvalue weighted by Gasteiger charge is -2.12. The van der Waals surface area contributed by atoms with Gasteiger partial charge in [-0.05, 0) is 48.9 Å². The third kappa shape index (κ3) is 3.50. The van der Waals surface area contributed by atoms with Crippen LogP contribution in [0.25, 0.3) is 6.08 Å². The molecule has 1 aliphatic rings. The molecule has 0 saturated carbocycles. The van der Waals surface area contributed by atoms with Crippen molar-refractivity contribution in [3.8, 4) is 11.5 Å². The molecule has 0 radical (unpaired) electrons. The Kier molecular flexibility index (Phi) is 4.87. The van der Waals surface area contributed by atoms with Gasteiger partial charge in [-0.15, -0.1) is 0 Å². The molecular weight excluding hydrogens is 372 g/mol. The molecule has 0 aliphatic carbocycles. The lowest BCUT2D eigenvalue weighted by Crippen LogP contribution is -2.21. The molecule has 0 fully saturated rings. The normalized spacial score (nSPS) is 15.2. The fraction of sp³-hybridized carbons (Fsp3) is 0.105. The number of phenolic OH excluding ortho intramolecular Hbond substituents is 1. The zero-order valence-electron chi connectivity index (χ0n) is 14.4. The Morgan fingerprint density at radius 3 is 2.70 bits per heavy atom. The molecule has 1 amide bonds. The van der Waals surface area contributed by atoms with Crippen molar-refractivity contribution in [3.63, 3.8) is 0 Å². The van der Waals surface area contributed by atoms with E-state index in [1.54, 1.807) is 31.2 Å². The zero-order valence-corrected chi connectivity index (χ0v) is 15.2. The number of carboxylic acid groups (broad SMARTS) is 1. The summed E-state index contributed by atoms with van der Waals surface area (Å²) in [6, 6.07) is 9.00. The molecular formula is C19H15ClN2O5. The maximum absolute atomic E-state index is 12.8. The minimum atomic E-state index is -1.09. The van der Waals surface area contributed by atoms with E-state index in [0.29, 0.717) is 22.5 Å². The van der Waals surface area contributed by atoms with Crippen molar-refractivity contribution >= 4 is 41.0 Å². The Hall–Kier alpha value is -3.32. The highest BCUT2D eigenvalue weighted by molar-refractivity contribution is 6.33. The van der Waals surface area contributed by atoms with Gasteiger partial charge in [-0.3, -0.25) is 4.79 Å². The second-order valence-electron chi connectivity index (χ2n) is 5.77. The number of hydrogen-bond acceptors (Lipinski definition) is 5. The summed E-state index contributed by atoms with van der Waals surface area (Å²) < 4.78 is 5.07. The van der Waals surface area contributed by atoms with Crippen molar-refractivity contribution in [2.75, 3.05) is 12.1 Å². The van der Waals surface area contributed by atoms with E-state index in [1.165, 1.54) is 25.3 Å². The molecule has 1 aliphatic heterocycles. The number of aromatic carboxylic acids is 1. The number of carbonyl (C=O) groups excluding carboxylic acids is 1. The fourth-order valence-corrected chi connectivity index (χ4v) is 2.85. The maximum atomic E-state index is 12.8. The molecule has 138 valence electrons. The quantitative estimate of drug-likeness (QED) is 0.782. The highest BCUT2D eigenvalue weighted by Crippen LogP contribution is 2.36. The SMILES string of the molecule is COc1cc(/C=C2/C(=O)N(c3cccc(C(=O)O)c3)N=C2C)cc(Cl)c1O. The summed E-state index contributed by atoms with van der Waals surface area (Å²) in [7, 11) is 1.40. The number of aromatic hydroxyl groups is 1. The summed E-state index contributed by atoms with van der Waals surface area (Å²) in [5.41, 5.74) is 1.74. The van der Waals surface area contributed by atoms with E-state index >= 15 is 0 Å². The van der Waals surface area contributed by atoms with E-state index in [0.717, 1.165) is 5.01 Å². The van der Waals surface area contributed by atoms with Crippen LogP contribution in [0.1, 0.15) is 22.8 Å². The summed E-state index contributed by atoms with van der Waals surface area (Å²) in [5.74, 6) is -1.50. The number of amides is 1. The molecule has 0 spiro atoms. The average molecular weight is 387 g/mol. The van der Waals surface area contributed by atoms with Crippen LogP contribution in [0.4, 0.5) is 5.69 Å². The van der Waals surface area contributed by atoms with Gasteiger partial charge in [0, 0.05) is 0 Å². The predicted molar refractivity (Wildman–Crippen MR) is 102 cm³/mol. The van der Waals surface area contributed by atoms with E-state index in [1.807, 2.05) is 0 Å². The highest BCUT2D eigenvalue weighted by Gasteiger charge is 2.29. The van der Waals surface area contributed by atoms with Gasteiger partial charge in [0.1, 0.15) is 0 Å². The number of methoxy groups -OCH3 is 1. The number of halogens is 1. The molecule has 2 N–H and O–H groups in total. The Balaban J connectivity index is 1.99. The maximum Gasteiger partial charge on any atom is 0.335 e. The summed E-state index contributed by atoms with van der Waals surface area (Å²) in [4.78, 5) is 23.9. The van der Waals surface area contributed by atoms with Gasteiger partial charge in [-0.1, -0.05) is 17.7 Å². The summed E-state index contributed by atoms with van der Waals surface area (Å²) in [5, 5.41) is 24.4. The van der Waals surface area contributed by atoms with Gasteiger partial charge in [0.15, 0.2) is 11.5 Å². The predicted octanol–water partition coefficient (Wildman–Crippen LogP) is 3.56. The fourth-order valence-electron chi connectivity index (χ4n) is 2.63. The van der Waals surface area contributed by atoms with Crippen LogP contribution in [-0.2, 0) is 4.79 Å². The monoisotopic (exact) mass is 386 g/mol. The molecule has 2 aromatic rings. The van der Waals surface area contributed by atoms with Gasteiger partial charge in [0.05, 0.1) is 34.7 Å². The summed E-state index contributed by atoms with van der Waals surface area (Å²) >= 11 is 5.99. The minimum Gasteiger partial charge on any atom is -0.503 e. The molecule has 0 atom stereocenters. The van der Waals surface area contributed by atoms with Gasteiger partial charge < -0.3 is 14.9 Å². The lowest BCUT2D eigenvalue weighted by molar-refractivity contribution is -0.114. The van der Waals surface area contributed by atoms with E-state index in [4.69, 9.17) is 21.4 Å². The highest BCUT2D eigenvalue weighted by atomic mass is 35.5. The van der Waals surface area contributed by atoms with E-state index in [-0.39, 0.29) is 22.1 Å². The third-order valence-electron chi connectivity index (χ3n) is 3.98. The Morgan fingerprint density at radius 1 is 1.30 bits per heavy atom. The molecule has 1 heterocycles. The van der Waals surface area contributed by atoms with Crippen LogP contribution in [-0.4, -0.2) is 34.9 Å². The first-order valence-electron chi connectivity index (χ1n) is 7.83. The van der Waals surface area contributed by atoms with Crippen molar-refractivity contribution in [1.82, 2.24) is 0 Å². The van der Waals surface area contributed by atoms with E-state index < -0.39 is 11.9 Å². The number of carboxylic acids is 1. The lowest BCUT2D eigenvalue weighted by atomic mass is 10.1. The van der Waals surface area contributed by atoms with Gasteiger partial charge >= 0.3 is 5.97 Å². The Morgan fingerprint density at radius 2 is 2.04 bits per heavy atom. The van der Waals surface area contributed by atoms with Crippen LogP contribution in [0, 0.1) is 0 Å². The second kappa shape index (κ2) is 7.13. The second-order valence-corrected chi connectivity index (χ2v) is 6.18. The number of phenols is 1. The first-order valence-corrected chi connectivity index (χ1v) is 8.21. The molecule has 7 nitrogen and oxygen atoms in total. The van der Waals surface area contributed by atoms with Crippen LogP contribution in [0.5, 0.6) is 11.5 Å². The summed E-state index contributed by atoms with van der Waals surface area (Å²) in [6.07, 6.45) is 1.58. The van der Waals surface area contributed by atoms with Crippen LogP contribution in [0.3, 0.4) is 0 Å². The number of carbonyl (C=O) groups is 2. The first kappa shape index (κ1) is 18.5.